The molecule has 0 fully saturated rings. The summed E-state index contributed by atoms with van der Waals surface area (Å²) in [5.41, 5.74) is 4.76. The van der Waals surface area contributed by atoms with Crippen LogP contribution in [-0.2, 0) is 4.57 Å². The minimum absolute atomic E-state index is 0.385. The third-order valence-electron chi connectivity index (χ3n) is 3.38. The lowest BCUT2D eigenvalue weighted by atomic mass is 9.98. The zero-order chi connectivity index (χ0) is 13.8. The van der Waals surface area contributed by atoms with Gasteiger partial charge in [-0.1, -0.05) is 23.8 Å². The van der Waals surface area contributed by atoms with Crippen molar-refractivity contribution in [2.45, 2.75) is 20.8 Å². The van der Waals surface area contributed by atoms with E-state index in [9.17, 15) is 9.46 Å². The molecule has 0 radical (unpaired) electrons. The molecule has 0 aromatic heterocycles. The van der Waals surface area contributed by atoms with Crippen molar-refractivity contribution in [3.05, 3.63) is 47.0 Å². The number of aryl methyl sites for hydroxylation is 3. The fourth-order valence-electron chi connectivity index (χ4n) is 2.56. The van der Waals surface area contributed by atoms with Crippen LogP contribution in [0.1, 0.15) is 16.7 Å². The molecule has 0 bridgehead atoms. The third-order valence-corrected chi connectivity index (χ3v) is 4.81. The zero-order valence-electron chi connectivity index (χ0n) is 11.1. The van der Waals surface area contributed by atoms with Gasteiger partial charge in [-0.05, 0) is 44.0 Å². The van der Waals surface area contributed by atoms with Crippen molar-refractivity contribution in [1.82, 2.24) is 0 Å². The predicted molar refractivity (Wildman–Crippen MR) is 76.2 cm³/mol. The molecule has 0 saturated carbocycles. The van der Waals surface area contributed by atoms with Gasteiger partial charge >= 0.3 is 7.60 Å². The second-order valence-corrected chi connectivity index (χ2v) is 6.80. The van der Waals surface area contributed by atoms with Gasteiger partial charge in [0.15, 0.2) is 0 Å². The molecule has 3 rings (SSSR count). The van der Waals surface area contributed by atoms with Gasteiger partial charge in [-0.15, -0.1) is 0 Å². The number of fused-ring (bicyclic) bond motifs is 3. The van der Waals surface area contributed by atoms with Gasteiger partial charge in [-0.2, -0.15) is 0 Å². The van der Waals surface area contributed by atoms with Crippen LogP contribution in [0.3, 0.4) is 0 Å². The summed E-state index contributed by atoms with van der Waals surface area (Å²) < 4.78 is 17.7. The molecule has 1 aliphatic rings. The molecule has 1 N–H and O–H groups in total. The van der Waals surface area contributed by atoms with Gasteiger partial charge in [0, 0.05) is 11.1 Å². The first-order valence-electron chi connectivity index (χ1n) is 6.14. The summed E-state index contributed by atoms with van der Waals surface area (Å²) >= 11 is 0. The van der Waals surface area contributed by atoms with Crippen molar-refractivity contribution in [1.29, 1.82) is 0 Å². The Morgan fingerprint density at radius 3 is 2.42 bits per heavy atom. The van der Waals surface area contributed by atoms with E-state index in [0.717, 1.165) is 27.8 Å². The Bertz CT molecular complexity index is 734. The van der Waals surface area contributed by atoms with E-state index in [1.165, 1.54) is 0 Å². The summed E-state index contributed by atoms with van der Waals surface area (Å²) in [5, 5.41) is 0.385. The van der Waals surface area contributed by atoms with Crippen LogP contribution in [-0.4, -0.2) is 4.89 Å². The maximum atomic E-state index is 12.3. The Morgan fingerprint density at radius 1 is 1.00 bits per heavy atom. The highest BCUT2D eigenvalue weighted by molar-refractivity contribution is 7.62. The van der Waals surface area contributed by atoms with Crippen LogP contribution in [0.2, 0.25) is 0 Å². The van der Waals surface area contributed by atoms with Crippen LogP contribution < -0.4 is 9.83 Å². The minimum Gasteiger partial charge on any atom is -0.420 e. The number of hydrogen-bond acceptors (Lipinski definition) is 2. The Hall–Kier alpha value is -1.57. The van der Waals surface area contributed by atoms with E-state index in [1.54, 1.807) is 6.07 Å². The SMILES string of the molecule is Cc1ccc2c(c1)-c1cc(C)cc(C)c1OP2(=O)O. The molecule has 1 aliphatic heterocycles. The van der Waals surface area contributed by atoms with E-state index in [2.05, 4.69) is 0 Å². The van der Waals surface area contributed by atoms with E-state index < -0.39 is 7.60 Å². The van der Waals surface area contributed by atoms with Gasteiger partial charge in [-0.25, -0.2) is 4.57 Å². The standard InChI is InChI=1S/C15H15O3P/c1-9-4-5-14-12(7-9)13-8-10(2)6-11(3)15(13)18-19(14,16)17/h4-8H,1-3H3,(H,16,17). The van der Waals surface area contributed by atoms with Crippen molar-refractivity contribution in [2.24, 2.45) is 0 Å². The smallest absolute Gasteiger partial charge is 0.408 e. The first kappa shape index (κ1) is 12.5. The highest BCUT2D eigenvalue weighted by atomic mass is 31.2. The first-order valence-corrected chi connectivity index (χ1v) is 7.71. The van der Waals surface area contributed by atoms with Crippen molar-refractivity contribution >= 4 is 12.9 Å². The van der Waals surface area contributed by atoms with Crippen molar-refractivity contribution in [3.63, 3.8) is 0 Å². The quantitative estimate of drug-likeness (QED) is 0.748. The summed E-state index contributed by atoms with van der Waals surface area (Å²) in [6.45, 7) is 5.88. The topological polar surface area (TPSA) is 46.5 Å². The van der Waals surface area contributed by atoms with Crippen LogP contribution in [0, 0.1) is 20.8 Å². The van der Waals surface area contributed by atoms with E-state index >= 15 is 0 Å². The molecule has 2 aromatic carbocycles. The van der Waals surface area contributed by atoms with Crippen molar-refractivity contribution < 1.29 is 14.0 Å². The normalized spacial score (nSPS) is 20.4. The minimum atomic E-state index is -3.77. The number of rotatable bonds is 0. The van der Waals surface area contributed by atoms with Gasteiger partial charge in [0.1, 0.15) is 5.75 Å². The lowest BCUT2D eigenvalue weighted by molar-refractivity contribution is 0.391. The molecule has 0 amide bonds. The van der Waals surface area contributed by atoms with Crippen LogP contribution >= 0.6 is 7.60 Å². The Labute approximate surface area is 112 Å². The van der Waals surface area contributed by atoms with Gasteiger partial charge in [-0.3, -0.25) is 0 Å². The molecule has 1 heterocycles. The molecule has 1 atom stereocenters. The molecule has 2 aromatic rings. The molecule has 0 spiro atoms. The van der Waals surface area contributed by atoms with E-state index in [1.807, 2.05) is 45.0 Å². The molecule has 98 valence electrons. The molecule has 3 nitrogen and oxygen atoms in total. The van der Waals surface area contributed by atoms with Gasteiger partial charge in [0.2, 0.25) is 0 Å². The highest BCUT2D eigenvalue weighted by Crippen LogP contribution is 2.53. The summed E-state index contributed by atoms with van der Waals surface area (Å²) in [4.78, 5) is 10.1. The first-order chi connectivity index (χ1) is 8.88. The maximum absolute atomic E-state index is 12.3. The second kappa shape index (κ2) is 3.96. The average Bonchev–Trinajstić information content (AvgIpc) is 2.30. The Kier molecular flexibility index (Phi) is 2.60. The number of hydrogen-bond donors (Lipinski definition) is 1. The fraction of sp³-hybridized carbons (Fsp3) is 0.200. The van der Waals surface area contributed by atoms with Crippen LogP contribution in [0.4, 0.5) is 0 Å². The molecular formula is C15H15O3P. The van der Waals surface area contributed by atoms with Gasteiger partial charge in [0.05, 0.1) is 5.30 Å². The summed E-state index contributed by atoms with van der Waals surface area (Å²) in [7, 11) is -3.77. The highest BCUT2D eigenvalue weighted by Gasteiger charge is 2.35. The Morgan fingerprint density at radius 2 is 1.68 bits per heavy atom. The molecule has 19 heavy (non-hydrogen) atoms. The van der Waals surface area contributed by atoms with Gasteiger partial charge < -0.3 is 9.42 Å². The van der Waals surface area contributed by atoms with E-state index in [0.29, 0.717) is 11.1 Å². The van der Waals surface area contributed by atoms with E-state index in [-0.39, 0.29) is 0 Å². The molecule has 1 unspecified atom stereocenters. The molecular weight excluding hydrogens is 259 g/mol. The van der Waals surface area contributed by atoms with Crippen molar-refractivity contribution in [2.75, 3.05) is 0 Å². The fourth-order valence-corrected chi connectivity index (χ4v) is 3.90. The monoisotopic (exact) mass is 274 g/mol. The average molecular weight is 274 g/mol. The maximum Gasteiger partial charge on any atom is 0.408 e. The van der Waals surface area contributed by atoms with Crippen molar-refractivity contribution in [3.8, 4) is 16.9 Å². The van der Waals surface area contributed by atoms with Crippen LogP contribution in [0.5, 0.6) is 5.75 Å². The van der Waals surface area contributed by atoms with Gasteiger partial charge in [0.25, 0.3) is 0 Å². The third kappa shape index (κ3) is 1.90. The summed E-state index contributed by atoms with van der Waals surface area (Å²) in [6, 6.07) is 9.42. The number of benzene rings is 2. The largest absolute Gasteiger partial charge is 0.420 e. The van der Waals surface area contributed by atoms with Crippen LogP contribution in [0.15, 0.2) is 30.3 Å². The lowest BCUT2D eigenvalue weighted by Crippen LogP contribution is -2.18. The van der Waals surface area contributed by atoms with Crippen LogP contribution in [0.25, 0.3) is 11.1 Å². The Balaban J connectivity index is 2.41. The molecule has 4 heteroatoms. The second-order valence-electron chi connectivity index (χ2n) is 5.09. The molecule has 0 saturated heterocycles. The summed E-state index contributed by atoms with van der Waals surface area (Å²) in [6.07, 6.45) is 0. The summed E-state index contributed by atoms with van der Waals surface area (Å²) in [5.74, 6) is 0.523. The lowest BCUT2D eigenvalue weighted by Gasteiger charge is -2.26. The molecule has 0 aliphatic carbocycles. The predicted octanol–water partition coefficient (Wildman–Crippen LogP) is 3.48. The van der Waals surface area contributed by atoms with E-state index in [4.69, 9.17) is 4.52 Å². The zero-order valence-corrected chi connectivity index (χ0v) is 12.0.